The number of nitrogens with two attached hydrogens (primary N) is 1. The molecule has 4 aliphatic carbocycles. The average Bonchev–Trinajstić information content (AvgIpc) is 3.64. The van der Waals surface area contributed by atoms with E-state index >= 15 is 0 Å². The third kappa shape index (κ3) is 4.33. The van der Waals surface area contributed by atoms with Crippen molar-refractivity contribution < 1.29 is 19.0 Å². The Hall–Kier alpha value is -2.15. The lowest BCUT2D eigenvalue weighted by molar-refractivity contribution is -0.272. The molecule has 1 aromatic heterocycles. The Morgan fingerprint density at radius 1 is 1.11 bits per heavy atom. The van der Waals surface area contributed by atoms with Crippen molar-refractivity contribution in [3.05, 3.63) is 47.7 Å². The van der Waals surface area contributed by atoms with Gasteiger partial charge < -0.3 is 24.9 Å². The molecule has 6 heteroatoms. The van der Waals surface area contributed by atoms with Crippen LogP contribution in [0.25, 0.3) is 10.9 Å². The van der Waals surface area contributed by atoms with Gasteiger partial charge in [0, 0.05) is 42.3 Å². The Labute approximate surface area is 262 Å². The average molecular weight is 601 g/mol. The van der Waals surface area contributed by atoms with E-state index in [1.54, 1.807) is 0 Å². The molecule has 44 heavy (non-hydrogen) atoms. The Bertz CT molecular complexity index is 1460. The molecule has 1 aromatic carbocycles. The first kappa shape index (κ1) is 29.3. The number of rotatable bonds is 4. The van der Waals surface area contributed by atoms with Crippen LogP contribution in [0.1, 0.15) is 91.0 Å². The van der Waals surface area contributed by atoms with Crippen LogP contribution in [-0.4, -0.2) is 41.6 Å². The number of H-pyrrole nitrogens is 1. The number of fused-ring (bicyclic) bond motifs is 8. The van der Waals surface area contributed by atoms with Crippen molar-refractivity contribution >= 4 is 16.9 Å². The molecular weight excluding hydrogens is 548 g/mol. The minimum Gasteiger partial charge on any atom is -0.461 e. The first-order valence-corrected chi connectivity index (χ1v) is 17.6. The van der Waals surface area contributed by atoms with Gasteiger partial charge in [-0.3, -0.25) is 4.79 Å². The van der Waals surface area contributed by atoms with Crippen molar-refractivity contribution in [2.24, 2.45) is 52.1 Å². The number of hydrogen-bond donors (Lipinski definition) is 2. The molecule has 5 fully saturated rings. The van der Waals surface area contributed by atoms with E-state index in [4.69, 9.17) is 19.9 Å². The minimum absolute atomic E-state index is 0.0734. The van der Waals surface area contributed by atoms with Gasteiger partial charge in [-0.25, -0.2) is 0 Å². The Morgan fingerprint density at radius 2 is 1.95 bits per heavy atom. The summed E-state index contributed by atoms with van der Waals surface area (Å²) in [5, 5.41) is 1.12. The van der Waals surface area contributed by atoms with E-state index in [0.717, 1.165) is 61.1 Å². The molecule has 2 aliphatic heterocycles. The molecule has 12 atom stereocenters. The molecule has 3 saturated carbocycles. The first-order chi connectivity index (χ1) is 21.1. The van der Waals surface area contributed by atoms with Crippen LogP contribution in [0.5, 0.6) is 0 Å². The largest absolute Gasteiger partial charge is 0.461 e. The molecule has 6 aliphatic rings. The molecular formula is C38H52N2O4. The molecule has 3 heterocycles. The monoisotopic (exact) mass is 600 g/mol. The van der Waals surface area contributed by atoms with E-state index in [9.17, 15) is 4.79 Å². The summed E-state index contributed by atoms with van der Waals surface area (Å²) in [7, 11) is 0. The molecule has 0 radical (unpaired) electrons. The fourth-order valence-corrected chi connectivity index (χ4v) is 11.6. The summed E-state index contributed by atoms with van der Waals surface area (Å²) < 4.78 is 19.6. The summed E-state index contributed by atoms with van der Waals surface area (Å²) in [6.45, 7) is 10.7. The predicted molar refractivity (Wildman–Crippen MR) is 172 cm³/mol. The van der Waals surface area contributed by atoms with Crippen LogP contribution in [-0.2, 0) is 25.4 Å². The molecule has 2 saturated heterocycles. The smallest absolute Gasteiger partial charge is 0.323 e. The van der Waals surface area contributed by atoms with Crippen LogP contribution in [0, 0.1) is 46.3 Å². The van der Waals surface area contributed by atoms with Gasteiger partial charge in [-0.2, -0.15) is 0 Å². The highest BCUT2D eigenvalue weighted by Gasteiger charge is 2.68. The van der Waals surface area contributed by atoms with Gasteiger partial charge >= 0.3 is 5.97 Å². The fraction of sp³-hybridized carbons (Fsp3) is 0.711. The third-order valence-corrected chi connectivity index (χ3v) is 14.0. The zero-order valence-corrected chi connectivity index (χ0v) is 27.1. The second-order valence-corrected chi connectivity index (χ2v) is 16.2. The number of aromatic nitrogens is 1. The van der Waals surface area contributed by atoms with Crippen molar-refractivity contribution in [3.63, 3.8) is 0 Å². The first-order valence-electron chi connectivity index (χ1n) is 17.6. The number of hydrogen-bond acceptors (Lipinski definition) is 5. The van der Waals surface area contributed by atoms with Crippen LogP contribution in [0.2, 0.25) is 0 Å². The Balaban J connectivity index is 0.936. The van der Waals surface area contributed by atoms with Crippen LogP contribution in [0.15, 0.2) is 42.1 Å². The van der Waals surface area contributed by atoms with Crippen LogP contribution in [0.4, 0.5) is 0 Å². The minimum atomic E-state index is -0.656. The van der Waals surface area contributed by atoms with Crippen LogP contribution < -0.4 is 5.73 Å². The van der Waals surface area contributed by atoms with E-state index in [1.807, 2.05) is 24.4 Å². The summed E-state index contributed by atoms with van der Waals surface area (Å²) in [6, 6.07) is 7.50. The van der Waals surface area contributed by atoms with Gasteiger partial charge in [-0.15, -0.1) is 0 Å². The maximum atomic E-state index is 13.2. The van der Waals surface area contributed by atoms with E-state index < -0.39 is 6.04 Å². The van der Waals surface area contributed by atoms with E-state index in [1.165, 1.54) is 31.3 Å². The molecule has 1 spiro atoms. The molecule has 3 N–H and O–H groups in total. The standard InChI is InChI=1S/C38H52N2O4/c1-22-11-16-38(42-21-22)23(2)34-33(44-38)19-30-28-10-9-25-18-26(12-14-36(25,3)29(28)13-15-37(30,34)4)43-35(41)31(39)17-24-20-40-32-8-6-5-7-27(24)32/h5-9,20,22-23,26,28-31,33-34,40H,10-19,21,39H2,1-4H3/t22-,23+,26+,28-,29+,30+,31+,33+,34+,36+,37+,38-/m1/s1. The zero-order valence-electron chi connectivity index (χ0n) is 27.1. The summed E-state index contributed by atoms with van der Waals surface area (Å²) >= 11 is 0. The molecule has 0 unspecified atom stereocenters. The van der Waals surface area contributed by atoms with Gasteiger partial charge in [0.2, 0.25) is 0 Å². The number of aromatic amines is 1. The van der Waals surface area contributed by atoms with Crippen molar-refractivity contribution in [3.8, 4) is 0 Å². The summed E-state index contributed by atoms with van der Waals surface area (Å²) in [6.07, 6.45) is 15.4. The predicted octanol–water partition coefficient (Wildman–Crippen LogP) is 7.32. The number of nitrogens with one attached hydrogen (secondary N) is 1. The molecule has 0 amide bonds. The Kier molecular flexibility index (Phi) is 6.94. The zero-order chi connectivity index (χ0) is 30.4. The molecule has 8 rings (SSSR count). The van der Waals surface area contributed by atoms with Crippen LogP contribution >= 0.6 is 0 Å². The van der Waals surface area contributed by atoms with Crippen LogP contribution in [0.3, 0.4) is 0 Å². The normalized spacial score (nSPS) is 45.2. The van der Waals surface area contributed by atoms with Crippen molar-refractivity contribution in [1.29, 1.82) is 0 Å². The second kappa shape index (κ2) is 10.4. The maximum Gasteiger partial charge on any atom is 0.323 e. The number of ether oxygens (including phenoxy) is 3. The number of para-hydroxylation sites is 1. The third-order valence-electron chi connectivity index (χ3n) is 14.0. The fourth-order valence-electron chi connectivity index (χ4n) is 11.6. The quantitative estimate of drug-likeness (QED) is 0.284. The lowest BCUT2D eigenvalue weighted by Gasteiger charge is -2.58. The highest BCUT2D eigenvalue weighted by molar-refractivity contribution is 5.84. The van der Waals surface area contributed by atoms with Gasteiger partial charge in [0.15, 0.2) is 5.79 Å². The molecule has 6 nitrogen and oxygen atoms in total. The van der Waals surface area contributed by atoms with Gasteiger partial charge in [0.05, 0.1) is 12.7 Å². The van der Waals surface area contributed by atoms with Crippen molar-refractivity contribution in [2.75, 3.05) is 6.61 Å². The SMILES string of the molecule is C[C@@H]1CC[C@@]2(OC1)O[C@H]1C[C@H]3[C@@H]4CC=C5C[C@@H](OC(=O)[C@@H](N)Cc6c[nH]c7ccccc67)CC[C@]5(C)[C@H]4CC[C@]3(C)[C@H]1[C@@H]2C. The van der Waals surface area contributed by atoms with Gasteiger partial charge in [0.25, 0.3) is 0 Å². The number of carbonyl (C=O) groups is 1. The summed E-state index contributed by atoms with van der Waals surface area (Å²) in [5.41, 5.74) is 10.6. The highest BCUT2D eigenvalue weighted by atomic mass is 16.7. The topological polar surface area (TPSA) is 86.6 Å². The summed E-state index contributed by atoms with van der Waals surface area (Å²) in [5.74, 6) is 3.23. The summed E-state index contributed by atoms with van der Waals surface area (Å²) in [4.78, 5) is 16.4. The number of allylic oxidation sites excluding steroid dienone is 1. The number of carbonyl (C=O) groups excluding carboxylic acids is 1. The molecule has 0 bridgehead atoms. The molecule has 238 valence electrons. The van der Waals surface area contributed by atoms with E-state index in [-0.39, 0.29) is 23.3 Å². The lowest BCUT2D eigenvalue weighted by atomic mass is 9.47. The van der Waals surface area contributed by atoms with Gasteiger partial charge in [-0.1, -0.05) is 57.5 Å². The van der Waals surface area contributed by atoms with E-state index in [2.05, 4.69) is 44.8 Å². The van der Waals surface area contributed by atoms with Crippen molar-refractivity contribution in [1.82, 2.24) is 4.98 Å². The van der Waals surface area contributed by atoms with Gasteiger partial charge in [0.1, 0.15) is 12.1 Å². The maximum absolute atomic E-state index is 13.2. The Morgan fingerprint density at radius 3 is 2.77 bits per heavy atom. The molecule has 2 aromatic rings. The lowest BCUT2D eigenvalue weighted by Crippen LogP contribution is -2.52. The van der Waals surface area contributed by atoms with E-state index in [0.29, 0.717) is 47.5 Å². The highest BCUT2D eigenvalue weighted by Crippen LogP contribution is 2.70. The second-order valence-electron chi connectivity index (χ2n) is 16.2. The number of esters is 1. The number of benzene rings is 1. The van der Waals surface area contributed by atoms with Crippen molar-refractivity contribution in [2.45, 2.75) is 116 Å². The van der Waals surface area contributed by atoms with Gasteiger partial charge in [-0.05, 0) is 97.0 Å².